The molecule has 0 amide bonds. The van der Waals surface area contributed by atoms with Crippen LogP contribution in [0.5, 0.6) is 0 Å². The van der Waals surface area contributed by atoms with Gasteiger partial charge in [0.25, 0.3) is 0 Å². The zero-order valence-corrected chi connectivity index (χ0v) is 10.9. The van der Waals surface area contributed by atoms with Crippen LogP contribution in [0.25, 0.3) is 0 Å². The molecule has 0 fully saturated rings. The molecule has 2 aromatic heterocycles. The molecule has 0 atom stereocenters. The molecule has 2 rings (SSSR count). The number of nitrogens with zero attached hydrogens (tertiary/aromatic N) is 3. The smallest absolute Gasteiger partial charge is 0.245 e. The Kier molecular flexibility index (Phi) is 3.71. The minimum Gasteiger partial charge on any atom is -0.360 e. The van der Waals surface area contributed by atoms with Crippen molar-refractivity contribution in [3.63, 3.8) is 0 Å². The zero-order valence-electron chi connectivity index (χ0n) is 8.67. The summed E-state index contributed by atoms with van der Waals surface area (Å²) in [7, 11) is 0. The van der Waals surface area contributed by atoms with Gasteiger partial charge in [0.15, 0.2) is 5.82 Å². The molecule has 0 spiro atoms. The number of aromatic nitrogens is 3. The van der Waals surface area contributed by atoms with Gasteiger partial charge in [-0.25, -0.2) is 4.98 Å². The van der Waals surface area contributed by atoms with Crippen molar-refractivity contribution in [1.29, 1.82) is 0 Å². The lowest BCUT2D eigenvalue weighted by Gasteiger charge is -2.06. The highest BCUT2D eigenvalue weighted by Crippen LogP contribution is 2.28. The van der Waals surface area contributed by atoms with Crippen LogP contribution in [0.2, 0.25) is 15.2 Å². The molecule has 0 aromatic carbocycles. The Balaban J connectivity index is 2.11. The third kappa shape index (κ3) is 3.00. The fourth-order valence-electron chi connectivity index (χ4n) is 1.14. The second-order valence-corrected chi connectivity index (χ2v) is 4.35. The van der Waals surface area contributed by atoms with Gasteiger partial charge < -0.3 is 9.84 Å². The van der Waals surface area contributed by atoms with Gasteiger partial charge >= 0.3 is 0 Å². The first-order valence-corrected chi connectivity index (χ1v) is 5.74. The number of pyridine rings is 1. The Morgan fingerprint density at radius 2 is 2.00 bits per heavy atom. The Labute approximate surface area is 112 Å². The minimum atomic E-state index is 0.181. The van der Waals surface area contributed by atoms with Gasteiger partial charge in [-0.1, -0.05) is 40.0 Å². The number of halogens is 3. The van der Waals surface area contributed by atoms with Crippen LogP contribution >= 0.6 is 34.8 Å². The van der Waals surface area contributed by atoms with E-state index < -0.39 is 0 Å². The summed E-state index contributed by atoms with van der Waals surface area (Å²) in [6.07, 6.45) is 0. The molecule has 0 aliphatic heterocycles. The van der Waals surface area contributed by atoms with Gasteiger partial charge in [0, 0.05) is 0 Å². The second kappa shape index (κ2) is 5.08. The van der Waals surface area contributed by atoms with Crippen LogP contribution in [0, 0.1) is 6.92 Å². The molecule has 1 N–H and O–H groups in total. The van der Waals surface area contributed by atoms with Crippen LogP contribution in [-0.4, -0.2) is 15.1 Å². The van der Waals surface area contributed by atoms with Gasteiger partial charge in [0.2, 0.25) is 5.89 Å². The van der Waals surface area contributed by atoms with Crippen molar-refractivity contribution in [2.24, 2.45) is 0 Å². The monoisotopic (exact) mass is 292 g/mol. The summed E-state index contributed by atoms with van der Waals surface area (Å²) in [4.78, 5) is 8.02. The number of rotatable bonds is 3. The summed E-state index contributed by atoms with van der Waals surface area (Å²) in [5.74, 6) is 1.42. The molecule has 17 heavy (non-hydrogen) atoms. The molecule has 8 heteroatoms. The van der Waals surface area contributed by atoms with Gasteiger partial charge in [-0.2, -0.15) is 4.98 Å². The fraction of sp³-hybridized carbons (Fsp3) is 0.222. The topological polar surface area (TPSA) is 63.8 Å². The highest BCUT2D eigenvalue weighted by Gasteiger charge is 2.09. The van der Waals surface area contributed by atoms with E-state index in [9.17, 15) is 0 Å². The van der Waals surface area contributed by atoms with E-state index in [1.807, 2.05) is 0 Å². The molecule has 0 radical (unpaired) electrons. The first-order valence-electron chi connectivity index (χ1n) is 4.61. The third-order valence-corrected chi connectivity index (χ3v) is 2.82. The van der Waals surface area contributed by atoms with Gasteiger partial charge in [0.05, 0.1) is 16.6 Å². The van der Waals surface area contributed by atoms with E-state index in [0.717, 1.165) is 0 Å². The predicted octanol–water partition coefficient (Wildman–Crippen LogP) is 3.35. The van der Waals surface area contributed by atoms with Crippen LogP contribution < -0.4 is 5.32 Å². The van der Waals surface area contributed by atoms with Gasteiger partial charge in [-0.15, -0.1) is 0 Å². The maximum atomic E-state index is 5.94. The molecular weight excluding hydrogens is 286 g/mol. The van der Waals surface area contributed by atoms with Crippen molar-refractivity contribution in [3.05, 3.63) is 33.0 Å². The van der Waals surface area contributed by atoms with Crippen molar-refractivity contribution in [3.8, 4) is 0 Å². The zero-order chi connectivity index (χ0) is 12.4. The van der Waals surface area contributed by atoms with Gasteiger partial charge in [-0.05, 0) is 13.0 Å². The van der Waals surface area contributed by atoms with Crippen LogP contribution in [-0.2, 0) is 6.54 Å². The lowest BCUT2D eigenvalue weighted by Crippen LogP contribution is -2.02. The van der Waals surface area contributed by atoms with E-state index in [4.69, 9.17) is 39.3 Å². The van der Waals surface area contributed by atoms with Gasteiger partial charge in [-0.3, -0.25) is 0 Å². The quantitative estimate of drug-likeness (QED) is 0.879. The van der Waals surface area contributed by atoms with Crippen molar-refractivity contribution >= 4 is 40.6 Å². The molecular formula is C9H7Cl3N4O. The normalized spacial score (nSPS) is 10.6. The average Bonchev–Trinajstić information content (AvgIpc) is 2.68. The SMILES string of the molecule is Cc1noc(CNc2nc(Cl)c(Cl)cc2Cl)n1. The fourth-order valence-corrected chi connectivity index (χ4v) is 1.70. The van der Waals surface area contributed by atoms with Crippen molar-refractivity contribution in [2.45, 2.75) is 13.5 Å². The van der Waals surface area contributed by atoms with Crippen molar-refractivity contribution in [2.75, 3.05) is 5.32 Å². The molecule has 0 aliphatic carbocycles. The summed E-state index contributed by atoms with van der Waals surface area (Å²) in [5, 5.41) is 7.44. The number of nitrogens with one attached hydrogen (secondary N) is 1. The third-order valence-electron chi connectivity index (χ3n) is 1.86. The number of anilines is 1. The average molecular weight is 294 g/mol. The summed E-state index contributed by atoms with van der Waals surface area (Å²) >= 11 is 17.5. The highest BCUT2D eigenvalue weighted by atomic mass is 35.5. The van der Waals surface area contributed by atoms with Crippen molar-refractivity contribution < 1.29 is 4.52 Å². The molecule has 2 aromatic rings. The molecule has 0 unspecified atom stereocenters. The standard InChI is InChI=1S/C9H7Cl3N4O/c1-4-14-7(17-16-4)3-13-9-6(11)2-5(10)8(12)15-9/h2H,3H2,1H3,(H,13,15). The van der Waals surface area contributed by atoms with Crippen LogP contribution in [0.1, 0.15) is 11.7 Å². The molecule has 0 bridgehead atoms. The molecule has 0 saturated heterocycles. The Hall–Kier alpha value is -1.04. The van der Waals surface area contributed by atoms with E-state index in [1.54, 1.807) is 6.92 Å². The van der Waals surface area contributed by atoms with E-state index in [0.29, 0.717) is 34.1 Å². The van der Waals surface area contributed by atoms with Gasteiger partial charge in [0.1, 0.15) is 11.0 Å². The molecule has 5 nitrogen and oxygen atoms in total. The maximum absolute atomic E-state index is 5.94. The Morgan fingerprint density at radius 1 is 1.24 bits per heavy atom. The van der Waals surface area contributed by atoms with E-state index in [2.05, 4.69) is 20.4 Å². The second-order valence-electron chi connectivity index (χ2n) is 3.18. The predicted molar refractivity (Wildman–Crippen MR) is 65.6 cm³/mol. The molecule has 0 saturated carbocycles. The van der Waals surface area contributed by atoms with Crippen LogP contribution in [0.15, 0.2) is 10.6 Å². The summed E-state index contributed by atoms with van der Waals surface area (Å²) < 4.78 is 4.93. The number of hydrogen-bond donors (Lipinski definition) is 1. The van der Waals surface area contributed by atoms with E-state index >= 15 is 0 Å². The van der Waals surface area contributed by atoms with Crippen molar-refractivity contribution in [1.82, 2.24) is 15.1 Å². The summed E-state index contributed by atoms with van der Waals surface area (Å²) in [5.41, 5.74) is 0. The maximum Gasteiger partial charge on any atom is 0.245 e. The number of aryl methyl sites for hydroxylation is 1. The lowest BCUT2D eigenvalue weighted by molar-refractivity contribution is 0.379. The van der Waals surface area contributed by atoms with Crippen LogP contribution in [0.3, 0.4) is 0 Å². The number of hydrogen-bond acceptors (Lipinski definition) is 5. The Bertz CT molecular complexity index is 543. The van der Waals surface area contributed by atoms with E-state index in [-0.39, 0.29) is 5.15 Å². The lowest BCUT2D eigenvalue weighted by atomic mass is 10.4. The first-order chi connectivity index (χ1) is 8.06. The molecule has 90 valence electrons. The molecule has 2 heterocycles. The summed E-state index contributed by atoms with van der Waals surface area (Å²) in [6, 6.07) is 1.51. The summed E-state index contributed by atoms with van der Waals surface area (Å²) in [6.45, 7) is 2.04. The first kappa shape index (κ1) is 12.4. The van der Waals surface area contributed by atoms with E-state index in [1.165, 1.54) is 6.07 Å². The largest absolute Gasteiger partial charge is 0.360 e. The Morgan fingerprint density at radius 3 is 2.65 bits per heavy atom. The highest BCUT2D eigenvalue weighted by molar-refractivity contribution is 6.42. The minimum absolute atomic E-state index is 0.181. The van der Waals surface area contributed by atoms with Crippen LogP contribution in [0.4, 0.5) is 5.82 Å². The molecule has 0 aliphatic rings.